The van der Waals surface area contributed by atoms with Crippen molar-refractivity contribution in [3.8, 4) is 11.5 Å². The molecule has 1 N–H and O–H groups in total. The first kappa shape index (κ1) is 26.2. The van der Waals surface area contributed by atoms with Crippen LogP contribution in [0.3, 0.4) is 0 Å². The molecule has 0 bridgehead atoms. The van der Waals surface area contributed by atoms with Gasteiger partial charge < -0.3 is 19.7 Å². The van der Waals surface area contributed by atoms with E-state index in [1.807, 2.05) is 69.3 Å². The highest BCUT2D eigenvalue weighted by atomic mass is 16.5. The molecule has 0 heterocycles. The first-order valence-electron chi connectivity index (χ1n) is 11.7. The fraction of sp³-hybridized carbons (Fsp3) is 0.481. The molecule has 0 aliphatic carbocycles. The fourth-order valence-electron chi connectivity index (χ4n) is 3.58. The summed E-state index contributed by atoms with van der Waals surface area (Å²) in [6.07, 6.45) is 0.508. The second kappa shape index (κ2) is 12.9. The van der Waals surface area contributed by atoms with Gasteiger partial charge in [-0.05, 0) is 47.6 Å². The van der Waals surface area contributed by atoms with Crippen LogP contribution in [0.2, 0.25) is 0 Å². The summed E-state index contributed by atoms with van der Waals surface area (Å²) in [5.74, 6) is 1.67. The summed E-state index contributed by atoms with van der Waals surface area (Å²) in [5, 5.41) is 2.98. The van der Waals surface area contributed by atoms with Crippen molar-refractivity contribution in [1.82, 2.24) is 10.2 Å². The van der Waals surface area contributed by atoms with Crippen LogP contribution in [0.4, 0.5) is 0 Å². The van der Waals surface area contributed by atoms with E-state index in [-0.39, 0.29) is 24.3 Å². The molecule has 6 heteroatoms. The molecule has 6 nitrogen and oxygen atoms in total. The average Bonchev–Trinajstić information content (AvgIpc) is 2.81. The third kappa shape index (κ3) is 7.81. The molecule has 2 aromatic rings. The van der Waals surface area contributed by atoms with E-state index >= 15 is 0 Å². The van der Waals surface area contributed by atoms with Gasteiger partial charge in [0.05, 0.1) is 7.11 Å². The minimum atomic E-state index is -0.581. The quantitative estimate of drug-likeness (QED) is 0.501. The number of nitrogens with zero attached hydrogens (tertiary/aromatic N) is 1. The smallest absolute Gasteiger partial charge is 0.261 e. The monoisotopic (exact) mass is 454 g/mol. The lowest BCUT2D eigenvalue weighted by molar-refractivity contribution is -0.143. The summed E-state index contributed by atoms with van der Waals surface area (Å²) >= 11 is 0. The van der Waals surface area contributed by atoms with Crippen molar-refractivity contribution in [2.45, 2.75) is 59.5 Å². The van der Waals surface area contributed by atoms with Crippen LogP contribution in [0.1, 0.15) is 58.1 Å². The lowest BCUT2D eigenvalue weighted by Crippen LogP contribution is -2.50. The molecule has 33 heavy (non-hydrogen) atoms. The third-order valence-corrected chi connectivity index (χ3v) is 5.47. The molecule has 180 valence electrons. The van der Waals surface area contributed by atoms with Crippen LogP contribution in [0.5, 0.6) is 11.5 Å². The highest BCUT2D eigenvalue weighted by Crippen LogP contribution is 2.26. The number of carbonyl (C=O) groups excluding carboxylic acids is 2. The maximum absolute atomic E-state index is 13.4. The molecule has 0 spiro atoms. The molecule has 0 aromatic heterocycles. The predicted octanol–water partition coefficient (Wildman–Crippen LogP) is 4.78. The van der Waals surface area contributed by atoms with Crippen molar-refractivity contribution in [3.05, 3.63) is 59.7 Å². The maximum atomic E-state index is 13.4. The van der Waals surface area contributed by atoms with Gasteiger partial charge in [-0.25, -0.2) is 0 Å². The standard InChI is InChI=1S/C27H38N2O4/c1-7-24(27(31)28-16-19(2)3)29(17-21-12-14-22(32-6)15-13-21)26(30)18-33-25-11-9-8-10-23(25)20(4)5/h8-15,19-20,24H,7,16-18H2,1-6H3,(H,28,31). The Balaban J connectivity index is 2.24. The molecule has 2 amide bonds. The van der Waals surface area contributed by atoms with E-state index in [4.69, 9.17) is 9.47 Å². The second-order valence-electron chi connectivity index (χ2n) is 8.91. The van der Waals surface area contributed by atoms with Crippen molar-refractivity contribution >= 4 is 11.8 Å². The Morgan fingerprint density at radius 1 is 1.00 bits per heavy atom. The van der Waals surface area contributed by atoms with Gasteiger partial charge in [0.2, 0.25) is 5.91 Å². The number of rotatable bonds is 12. The number of para-hydroxylation sites is 1. The summed E-state index contributed by atoms with van der Waals surface area (Å²) in [6, 6.07) is 14.7. The fourth-order valence-corrected chi connectivity index (χ4v) is 3.58. The molecule has 0 saturated heterocycles. The lowest BCUT2D eigenvalue weighted by Gasteiger charge is -2.31. The molecular weight excluding hydrogens is 416 g/mol. The number of amides is 2. The van der Waals surface area contributed by atoms with Gasteiger partial charge in [0.25, 0.3) is 5.91 Å². The number of ether oxygens (including phenoxy) is 2. The summed E-state index contributed by atoms with van der Waals surface area (Å²) in [6.45, 7) is 10.9. The van der Waals surface area contributed by atoms with Crippen molar-refractivity contribution in [2.24, 2.45) is 5.92 Å². The van der Waals surface area contributed by atoms with Gasteiger partial charge in [-0.3, -0.25) is 9.59 Å². The topological polar surface area (TPSA) is 67.9 Å². The minimum absolute atomic E-state index is 0.131. The molecular formula is C27H38N2O4. The minimum Gasteiger partial charge on any atom is -0.497 e. The Hall–Kier alpha value is -3.02. The first-order chi connectivity index (χ1) is 15.8. The molecule has 0 fully saturated rings. The van der Waals surface area contributed by atoms with Crippen molar-refractivity contribution in [3.63, 3.8) is 0 Å². The van der Waals surface area contributed by atoms with E-state index in [1.54, 1.807) is 12.0 Å². The Morgan fingerprint density at radius 2 is 1.67 bits per heavy atom. The zero-order chi connectivity index (χ0) is 24.4. The molecule has 1 unspecified atom stereocenters. The summed E-state index contributed by atoms with van der Waals surface area (Å²) in [5.41, 5.74) is 1.97. The summed E-state index contributed by atoms with van der Waals surface area (Å²) < 4.78 is 11.2. The SMILES string of the molecule is CCC(C(=O)NCC(C)C)N(Cc1ccc(OC)cc1)C(=O)COc1ccccc1C(C)C. The Bertz CT molecular complexity index is 893. The van der Waals surface area contributed by atoms with E-state index in [0.717, 1.165) is 16.9 Å². The number of hydrogen-bond acceptors (Lipinski definition) is 4. The van der Waals surface area contributed by atoms with Gasteiger partial charge in [0.1, 0.15) is 17.5 Å². The van der Waals surface area contributed by atoms with Crippen molar-refractivity contribution < 1.29 is 19.1 Å². The Kier molecular flexibility index (Phi) is 10.2. The largest absolute Gasteiger partial charge is 0.497 e. The number of nitrogens with one attached hydrogen (secondary N) is 1. The highest BCUT2D eigenvalue weighted by molar-refractivity contribution is 5.88. The highest BCUT2D eigenvalue weighted by Gasteiger charge is 2.29. The molecule has 2 rings (SSSR count). The number of carbonyl (C=O) groups is 2. The first-order valence-corrected chi connectivity index (χ1v) is 11.7. The molecule has 0 aliphatic heterocycles. The van der Waals surface area contributed by atoms with Gasteiger partial charge in [0, 0.05) is 13.1 Å². The molecule has 0 aliphatic rings. The number of methoxy groups -OCH3 is 1. The zero-order valence-electron chi connectivity index (χ0n) is 20.8. The van der Waals surface area contributed by atoms with Gasteiger partial charge >= 0.3 is 0 Å². The number of benzene rings is 2. The zero-order valence-corrected chi connectivity index (χ0v) is 20.8. The molecule has 1 atom stereocenters. The van der Waals surface area contributed by atoms with Crippen molar-refractivity contribution in [1.29, 1.82) is 0 Å². The van der Waals surface area contributed by atoms with E-state index in [1.165, 1.54) is 0 Å². The van der Waals surface area contributed by atoms with Crippen LogP contribution in [0.25, 0.3) is 0 Å². The van der Waals surface area contributed by atoms with Crippen LogP contribution in [0.15, 0.2) is 48.5 Å². The molecule has 2 aromatic carbocycles. The Morgan fingerprint density at radius 3 is 2.24 bits per heavy atom. The average molecular weight is 455 g/mol. The van der Waals surface area contributed by atoms with Gasteiger partial charge in [0.15, 0.2) is 6.61 Å². The number of hydrogen-bond donors (Lipinski definition) is 1. The summed E-state index contributed by atoms with van der Waals surface area (Å²) in [4.78, 5) is 28.0. The van der Waals surface area contributed by atoms with Crippen LogP contribution in [-0.4, -0.2) is 43.0 Å². The van der Waals surface area contributed by atoms with Gasteiger partial charge in [-0.1, -0.05) is 65.0 Å². The van der Waals surface area contributed by atoms with Gasteiger partial charge in [-0.2, -0.15) is 0 Å². The third-order valence-electron chi connectivity index (χ3n) is 5.47. The van der Waals surface area contributed by atoms with Crippen LogP contribution in [0, 0.1) is 5.92 Å². The van der Waals surface area contributed by atoms with Gasteiger partial charge in [-0.15, -0.1) is 0 Å². The van der Waals surface area contributed by atoms with E-state index < -0.39 is 6.04 Å². The molecule has 0 radical (unpaired) electrons. The van der Waals surface area contributed by atoms with Crippen LogP contribution < -0.4 is 14.8 Å². The lowest BCUT2D eigenvalue weighted by atomic mass is 10.0. The summed E-state index contributed by atoms with van der Waals surface area (Å²) in [7, 11) is 1.61. The normalized spacial score (nSPS) is 11.9. The predicted molar refractivity (Wildman–Crippen MR) is 131 cm³/mol. The van der Waals surface area contributed by atoms with Crippen LogP contribution in [-0.2, 0) is 16.1 Å². The van der Waals surface area contributed by atoms with E-state index in [9.17, 15) is 9.59 Å². The van der Waals surface area contributed by atoms with E-state index in [2.05, 4.69) is 19.2 Å². The second-order valence-corrected chi connectivity index (χ2v) is 8.91. The van der Waals surface area contributed by atoms with E-state index in [0.29, 0.717) is 31.2 Å². The van der Waals surface area contributed by atoms with Crippen molar-refractivity contribution in [2.75, 3.05) is 20.3 Å². The molecule has 0 saturated carbocycles. The maximum Gasteiger partial charge on any atom is 0.261 e. The van der Waals surface area contributed by atoms with Crippen LogP contribution >= 0.6 is 0 Å². The Labute approximate surface area is 198 Å².